The minimum atomic E-state index is -1.27. The van der Waals surface area contributed by atoms with Crippen LogP contribution in [0.4, 0.5) is 0 Å². The summed E-state index contributed by atoms with van der Waals surface area (Å²) < 4.78 is 0. The van der Waals surface area contributed by atoms with Crippen molar-refractivity contribution in [3.63, 3.8) is 0 Å². The highest BCUT2D eigenvalue weighted by Gasteiger charge is 2.42. The van der Waals surface area contributed by atoms with Crippen LogP contribution in [-0.4, -0.2) is 34.2 Å². The first-order valence-corrected chi connectivity index (χ1v) is 7.13. The van der Waals surface area contributed by atoms with Crippen LogP contribution in [0.5, 0.6) is 0 Å². The topological polar surface area (TPSA) is 86.6 Å². The van der Waals surface area contributed by atoms with Gasteiger partial charge in [0.25, 0.3) is 0 Å². The Morgan fingerprint density at radius 1 is 1.29 bits per heavy atom. The third-order valence-electron chi connectivity index (χ3n) is 4.41. The van der Waals surface area contributed by atoms with E-state index in [1.807, 2.05) is 0 Å². The van der Waals surface area contributed by atoms with Crippen LogP contribution in [0.1, 0.15) is 38.2 Å². The number of carbonyl (C=O) groups excluding carboxylic acids is 1. The summed E-state index contributed by atoms with van der Waals surface area (Å²) in [6.07, 6.45) is 2.30. The molecule has 0 aliphatic heterocycles. The van der Waals surface area contributed by atoms with Crippen molar-refractivity contribution in [3.05, 3.63) is 35.9 Å². The number of carboxylic acids is 1. The van der Waals surface area contributed by atoms with Crippen LogP contribution in [0.2, 0.25) is 0 Å². The summed E-state index contributed by atoms with van der Waals surface area (Å²) in [4.78, 5) is 23.9. The average Bonchev–Trinajstić information content (AvgIpc) is 2.43. The minimum Gasteiger partial charge on any atom is -0.481 e. The molecule has 1 aliphatic carbocycles. The second-order valence-electron chi connectivity index (χ2n) is 6.02. The number of rotatable bonds is 6. The fourth-order valence-electron chi connectivity index (χ4n) is 2.69. The number of hydrogen-bond donors (Lipinski definition) is 3. The van der Waals surface area contributed by atoms with Crippen molar-refractivity contribution in [3.8, 4) is 0 Å². The second-order valence-corrected chi connectivity index (χ2v) is 6.02. The second kappa shape index (κ2) is 5.85. The highest BCUT2D eigenvalue weighted by Crippen LogP contribution is 2.33. The molecule has 2 rings (SSSR count). The number of nitrogens with one attached hydrogen (secondary N) is 1. The van der Waals surface area contributed by atoms with Gasteiger partial charge in [0.1, 0.15) is 0 Å². The zero-order chi connectivity index (χ0) is 15.5. The van der Waals surface area contributed by atoms with Gasteiger partial charge < -0.3 is 15.5 Å². The van der Waals surface area contributed by atoms with E-state index < -0.39 is 16.9 Å². The number of aliphatic carboxylic acids is 1. The summed E-state index contributed by atoms with van der Waals surface area (Å²) in [5.74, 6) is -1.37. The smallest absolute Gasteiger partial charge is 0.314 e. The van der Waals surface area contributed by atoms with E-state index in [9.17, 15) is 19.8 Å². The van der Waals surface area contributed by atoms with Crippen molar-refractivity contribution < 1.29 is 19.8 Å². The summed E-state index contributed by atoms with van der Waals surface area (Å²) >= 11 is 0. The molecule has 5 heteroatoms. The Labute approximate surface area is 124 Å². The highest BCUT2D eigenvalue weighted by atomic mass is 16.4. The molecule has 1 aromatic carbocycles. The van der Waals surface area contributed by atoms with Crippen LogP contribution in [0.15, 0.2) is 30.3 Å². The van der Waals surface area contributed by atoms with Gasteiger partial charge in [-0.25, -0.2) is 0 Å². The molecule has 3 N–H and O–H groups in total. The molecule has 1 aromatic rings. The maximum Gasteiger partial charge on any atom is 0.314 e. The normalized spacial score (nSPS) is 19.1. The Kier molecular flexibility index (Phi) is 4.32. The molecule has 0 heterocycles. The molecule has 114 valence electrons. The predicted molar refractivity (Wildman–Crippen MR) is 77.9 cm³/mol. The SMILES string of the molecule is CC(CC(=O)NC1(CO)CCC1)(C(=O)O)c1ccccc1. The maximum atomic E-state index is 12.2. The lowest BCUT2D eigenvalue weighted by molar-refractivity contribution is -0.146. The number of hydrogen-bond acceptors (Lipinski definition) is 3. The fourth-order valence-corrected chi connectivity index (χ4v) is 2.69. The maximum absolute atomic E-state index is 12.2. The Balaban J connectivity index is 2.13. The molecule has 0 spiro atoms. The Morgan fingerprint density at radius 3 is 2.33 bits per heavy atom. The molecule has 0 radical (unpaired) electrons. The molecule has 1 fully saturated rings. The molecule has 0 saturated heterocycles. The van der Waals surface area contributed by atoms with Gasteiger partial charge in [-0.05, 0) is 31.7 Å². The van der Waals surface area contributed by atoms with Crippen LogP contribution in [0, 0.1) is 0 Å². The van der Waals surface area contributed by atoms with Gasteiger partial charge in [0.2, 0.25) is 5.91 Å². The van der Waals surface area contributed by atoms with Gasteiger partial charge in [0.15, 0.2) is 0 Å². The summed E-state index contributed by atoms with van der Waals surface area (Å²) in [5.41, 5.74) is -1.22. The molecule has 0 bridgehead atoms. The number of benzene rings is 1. The van der Waals surface area contributed by atoms with Crippen molar-refractivity contribution in [2.24, 2.45) is 0 Å². The van der Waals surface area contributed by atoms with Gasteiger partial charge in [0, 0.05) is 6.42 Å². The lowest BCUT2D eigenvalue weighted by Gasteiger charge is -2.41. The van der Waals surface area contributed by atoms with Crippen LogP contribution in [0.25, 0.3) is 0 Å². The van der Waals surface area contributed by atoms with Crippen molar-refractivity contribution >= 4 is 11.9 Å². The van der Waals surface area contributed by atoms with Gasteiger partial charge >= 0.3 is 5.97 Å². The largest absolute Gasteiger partial charge is 0.481 e. The molecule has 1 amide bonds. The molecule has 0 aromatic heterocycles. The number of amides is 1. The van der Waals surface area contributed by atoms with Gasteiger partial charge in [-0.15, -0.1) is 0 Å². The third-order valence-corrected chi connectivity index (χ3v) is 4.41. The summed E-state index contributed by atoms with van der Waals surface area (Å²) in [5, 5.41) is 21.7. The van der Waals surface area contributed by atoms with Crippen LogP contribution < -0.4 is 5.32 Å². The summed E-state index contributed by atoms with van der Waals surface area (Å²) in [7, 11) is 0. The van der Waals surface area contributed by atoms with E-state index in [0.717, 1.165) is 19.3 Å². The molecular weight excluding hydrogens is 270 g/mol. The van der Waals surface area contributed by atoms with Crippen molar-refractivity contribution in [2.45, 2.75) is 43.6 Å². The first-order valence-electron chi connectivity index (χ1n) is 7.13. The summed E-state index contributed by atoms with van der Waals surface area (Å²) in [6.45, 7) is 1.45. The first-order chi connectivity index (χ1) is 9.92. The number of aliphatic hydroxyl groups is 1. The van der Waals surface area contributed by atoms with E-state index in [2.05, 4.69) is 5.32 Å². The molecule has 1 unspecified atom stereocenters. The monoisotopic (exact) mass is 291 g/mol. The zero-order valence-electron chi connectivity index (χ0n) is 12.1. The van der Waals surface area contributed by atoms with Gasteiger partial charge in [-0.2, -0.15) is 0 Å². The lowest BCUT2D eigenvalue weighted by atomic mass is 9.75. The van der Waals surface area contributed by atoms with Gasteiger partial charge in [0.05, 0.1) is 17.6 Å². The Bertz CT molecular complexity index is 519. The Hall–Kier alpha value is -1.88. The van der Waals surface area contributed by atoms with Crippen LogP contribution >= 0.6 is 0 Å². The summed E-state index contributed by atoms with van der Waals surface area (Å²) in [6, 6.07) is 8.76. The van der Waals surface area contributed by atoms with Crippen molar-refractivity contribution in [1.82, 2.24) is 5.32 Å². The van der Waals surface area contributed by atoms with E-state index in [4.69, 9.17) is 0 Å². The van der Waals surface area contributed by atoms with Gasteiger partial charge in [-0.3, -0.25) is 9.59 Å². The van der Waals surface area contributed by atoms with Crippen molar-refractivity contribution in [1.29, 1.82) is 0 Å². The van der Waals surface area contributed by atoms with E-state index in [-0.39, 0.29) is 18.9 Å². The third kappa shape index (κ3) is 3.08. The number of carboxylic acid groups (broad SMARTS) is 1. The molecule has 21 heavy (non-hydrogen) atoms. The quantitative estimate of drug-likeness (QED) is 0.740. The van der Waals surface area contributed by atoms with Crippen molar-refractivity contribution in [2.75, 3.05) is 6.61 Å². The van der Waals surface area contributed by atoms with E-state index in [1.54, 1.807) is 37.3 Å². The average molecular weight is 291 g/mol. The van der Waals surface area contributed by atoms with Crippen LogP contribution in [-0.2, 0) is 15.0 Å². The molecule has 1 atom stereocenters. The highest BCUT2D eigenvalue weighted by molar-refractivity contribution is 5.89. The first kappa shape index (κ1) is 15.5. The molecule has 5 nitrogen and oxygen atoms in total. The lowest BCUT2D eigenvalue weighted by Crippen LogP contribution is -2.57. The predicted octanol–water partition coefficient (Wildman–Crippen LogP) is 1.45. The van der Waals surface area contributed by atoms with E-state index in [1.165, 1.54) is 0 Å². The molecule has 1 saturated carbocycles. The number of carbonyl (C=O) groups is 2. The number of aliphatic hydroxyl groups excluding tert-OH is 1. The zero-order valence-corrected chi connectivity index (χ0v) is 12.1. The standard InChI is InChI=1S/C16H21NO4/c1-15(14(20)21,12-6-3-2-4-7-12)10-13(19)17-16(11-18)8-5-9-16/h2-4,6-7,18H,5,8-11H2,1H3,(H,17,19)(H,20,21). The van der Waals surface area contributed by atoms with E-state index >= 15 is 0 Å². The van der Waals surface area contributed by atoms with E-state index in [0.29, 0.717) is 5.56 Å². The molecular formula is C16H21NO4. The fraction of sp³-hybridized carbons (Fsp3) is 0.500. The van der Waals surface area contributed by atoms with Gasteiger partial charge in [-0.1, -0.05) is 30.3 Å². The molecule has 1 aliphatic rings. The minimum absolute atomic E-state index is 0.103. The van der Waals surface area contributed by atoms with Crippen LogP contribution in [0.3, 0.4) is 0 Å². The Morgan fingerprint density at radius 2 is 1.90 bits per heavy atom.